The molecule has 90 valence electrons. The van der Waals surface area contributed by atoms with Crippen LogP contribution in [0.15, 0.2) is 17.5 Å². The molecule has 1 fully saturated rings. The standard InChI is InChI=1S/C13H15NOS2/c1-9-11(13(8-15)5-3-6-13)17-12(14-9)10-4-2-7-16-10/h2,4,7,15H,3,5-6,8H2,1H3. The summed E-state index contributed by atoms with van der Waals surface area (Å²) in [6.45, 7) is 2.33. The summed E-state index contributed by atoms with van der Waals surface area (Å²) >= 11 is 3.49. The number of aliphatic hydroxyl groups excluding tert-OH is 1. The smallest absolute Gasteiger partial charge is 0.133 e. The lowest BCUT2D eigenvalue weighted by Crippen LogP contribution is -2.37. The van der Waals surface area contributed by atoms with Crippen molar-refractivity contribution in [3.63, 3.8) is 0 Å². The van der Waals surface area contributed by atoms with Gasteiger partial charge in [-0.2, -0.15) is 0 Å². The Morgan fingerprint density at radius 2 is 2.29 bits per heavy atom. The molecule has 0 unspecified atom stereocenters. The first-order chi connectivity index (χ1) is 8.25. The van der Waals surface area contributed by atoms with Gasteiger partial charge in [-0.3, -0.25) is 0 Å². The van der Waals surface area contributed by atoms with Crippen LogP contribution in [0, 0.1) is 6.92 Å². The summed E-state index contributed by atoms with van der Waals surface area (Å²) < 4.78 is 0. The number of aryl methyl sites for hydroxylation is 1. The van der Waals surface area contributed by atoms with Crippen LogP contribution in [0.2, 0.25) is 0 Å². The third-order valence-electron chi connectivity index (χ3n) is 3.62. The topological polar surface area (TPSA) is 33.1 Å². The second-order valence-corrected chi connectivity index (χ2v) is 6.65. The number of thiazole rings is 1. The van der Waals surface area contributed by atoms with Crippen molar-refractivity contribution in [3.8, 4) is 9.88 Å². The predicted octanol–water partition coefficient (Wildman–Crippen LogP) is 3.59. The molecule has 0 spiro atoms. The lowest BCUT2D eigenvalue weighted by molar-refractivity contribution is 0.122. The van der Waals surface area contributed by atoms with Crippen molar-refractivity contribution in [1.29, 1.82) is 0 Å². The van der Waals surface area contributed by atoms with E-state index in [1.165, 1.54) is 16.2 Å². The Kier molecular flexibility index (Phi) is 2.81. The van der Waals surface area contributed by atoms with Gasteiger partial charge in [0.15, 0.2) is 0 Å². The van der Waals surface area contributed by atoms with Crippen molar-refractivity contribution in [1.82, 2.24) is 4.98 Å². The molecule has 4 heteroatoms. The molecular weight excluding hydrogens is 250 g/mol. The summed E-state index contributed by atoms with van der Waals surface area (Å²) in [6.07, 6.45) is 3.44. The average Bonchev–Trinajstić information content (AvgIpc) is 2.87. The zero-order valence-electron chi connectivity index (χ0n) is 9.77. The average molecular weight is 265 g/mol. The Labute approximate surface area is 109 Å². The Balaban J connectivity index is 2.02. The number of hydrogen-bond acceptors (Lipinski definition) is 4. The Morgan fingerprint density at radius 3 is 2.82 bits per heavy atom. The van der Waals surface area contributed by atoms with Crippen molar-refractivity contribution in [2.24, 2.45) is 0 Å². The van der Waals surface area contributed by atoms with Crippen LogP contribution in [0.4, 0.5) is 0 Å². The summed E-state index contributed by atoms with van der Waals surface area (Å²) in [5.74, 6) is 0. The molecule has 1 aliphatic rings. The van der Waals surface area contributed by atoms with E-state index in [0.29, 0.717) is 0 Å². The summed E-state index contributed by atoms with van der Waals surface area (Å²) in [6, 6.07) is 4.17. The van der Waals surface area contributed by atoms with E-state index < -0.39 is 0 Å². The van der Waals surface area contributed by atoms with Crippen molar-refractivity contribution in [2.45, 2.75) is 31.6 Å². The Bertz CT molecular complexity index is 506. The van der Waals surface area contributed by atoms with E-state index in [1.54, 1.807) is 22.7 Å². The fourth-order valence-corrected chi connectivity index (χ4v) is 4.55. The number of aliphatic hydroxyl groups is 1. The summed E-state index contributed by atoms with van der Waals surface area (Å²) in [5.41, 5.74) is 1.13. The molecule has 2 nitrogen and oxygen atoms in total. The molecule has 0 radical (unpaired) electrons. The van der Waals surface area contributed by atoms with E-state index in [1.807, 2.05) is 0 Å². The molecule has 0 aliphatic heterocycles. The summed E-state index contributed by atoms with van der Waals surface area (Å²) in [7, 11) is 0. The molecule has 0 amide bonds. The molecule has 1 N–H and O–H groups in total. The maximum atomic E-state index is 9.64. The molecule has 0 atom stereocenters. The third kappa shape index (κ3) is 1.75. The van der Waals surface area contributed by atoms with Gasteiger partial charge < -0.3 is 5.11 Å². The summed E-state index contributed by atoms with van der Waals surface area (Å²) in [4.78, 5) is 7.20. The van der Waals surface area contributed by atoms with Gasteiger partial charge in [-0.1, -0.05) is 12.5 Å². The number of nitrogens with zero attached hydrogens (tertiary/aromatic N) is 1. The lowest BCUT2D eigenvalue weighted by atomic mass is 9.68. The fourth-order valence-electron chi connectivity index (χ4n) is 2.45. The van der Waals surface area contributed by atoms with Crippen molar-refractivity contribution >= 4 is 22.7 Å². The minimum atomic E-state index is 0.0251. The van der Waals surface area contributed by atoms with Crippen LogP contribution in [0.1, 0.15) is 29.8 Å². The van der Waals surface area contributed by atoms with E-state index in [-0.39, 0.29) is 12.0 Å². The number of aromatic nitrogens is 1. The monoisotopic (exact) mass is 265 g/mol. The highest BCUT2D eigenvalue weighted by molar-refractivity contribution is 7.21. The van der Waals surface area contributed by atoms with Gasteiger partial charge in [0.2, 0.25) is 0 Å². The molecule has 2 heterocycles. The van der Waals surface area contributed by atoms with Crippen molar-refractivity contribution in [2.75, 3.05) is 6.61 Å². The molecule has 0 saturated heterocycles. The van der Waals surface area contributed by atoms with E-state index in [4.69, 9.17) is 0 Å². The highest BCUT2D eigenvalue weighted by Gasteiger charge is 2.41. The molecule has 3 rings (SSSR count). The highest BCUT2D eigenvalue weighted by Crippen LogP contribution is 2.48. The van der Waals surface area contributed by atoms with Gasteiger partial charge in [0, 0.05) is 10.3 Å². The van der Waals surface area contributed by atoms with Crippen molar-refractivity contribution < 1.29 is 5.11 Å². The number of hydrogen-bond donors (Lipinski definition) is 1. The van der Waals surface area contributed by atoms with Gasteiger partial charge in [-0.15, -0.1) is 22.7 Å². The van der Waals surface area contributed by atoms with Gasteiger partial charge in [0.25, 0.3) is 0 Å². The molecule has 17 heavy (non-hydrogen) atoms. The van der Waals surface area contributed by atoms with Gasteiger partial charge in [-0.25, -0.2) is 4.98 Å². The second kappa shape index (κ2) is 4.19. The molecule has 0 aromatic carbocycles. The number of thiophene rings is 1. The van der Waals surface area contributed by atoms with E-state index in [9.17, 15) is 5.11 Å². The fraction of sp³-hybridized carbons (Fsp3) is 0.462. The zero-order chi connectivity index (χ0) is 11.9. The number of rotatable bonds is 3. The largest absolute Gasteiger partial charge is 0.395 e. The Hall–Kier alpha value is -0.710. The van der Waals surface area contributed by atoms with E-state index >= 15 is 0 Å². The predicted molar refractivity (Wildman–Crippen MR) is 72.8 cm³/mol. The lowest BCUT2D eigenvalue weighted by Gasteiger charge is -2.39. The van der Waals surface area contributed by atoms with Gasteiger partial charge >= 0.3 is 0 Å². The van der Waals surface area contributed by atoms with E-state index in [0.717, 1.165) is 23.5 Å². The van der Waals surface area contributed by atoms with Crippen LogP contribution < -0.4 is 0 Å². The maximum Gasteiger partial charge on any atom is 0.133 e. The molecular formula is C13H15NOS2. The molecule has 1 aliphatic carbocycles. The van der Waals surface area contributed by atoms with Gasteiger partial charge in [-0.05, 0) is 31.2 Å². The van der Waals surface area contributed by atoms with Crippen LogP contribution >= 0.6 is 22.7 Å². The third-order valence-corrected chi connectivity index (χ3v) is 6.07. The van der Waals surface area contributed by atoms with Crippen LogP contribution in [0.25, 0.3) is 9.88 Å². The Morgan fingerprint density at radius 1 is 1.47 bits per heavy atom. The first kappa shape index (κ1) is 11.4. The summed E-state index contributed by atoms with van der Waals surface area (Å²) in [5, 5.41) is 12.8. The maximum absolute atomic E-state index is 9.64. The molecule has 2 aromatic heterocycles. The van der Waals surface area contributed by atoms with Crippen molar-refractivity contribution in [3.05, 3.63) is 28.1 Å². The van der Waals surface area contributed by atoms with Crippen LogP contribution in [-0.4, -0.2) is 16.7 Å². The van der Waals surface area contributed by atoms with Crippen LogP contribution in [-0.2, 0) is 5.41 Å². The SMILES string of the molecule is Cc1nc(-c2cccs2)sc1C1(CO)CCC1. The zero-order valence-corrected chi connectivity index (χ0v) is 11.4. The quantitative estimate of drug-likeness (QED) is 0.920. The minimum absolute atomic E-state index is 0.0251. The minimum Gasteiger partial charge on any atom is -0.395 e. The second-order valence-electron chi connectivity index (χ2n) is 4.70. The normalized spacial score (nSPS) is 18.0. The van der Waals surface area contributed by atoms with Gasteiger partial charge in [0.05, 0.1) is 17.2 Å². The molecule has 1 saturated carbocycles. The molecule has 0 bridgehead atoms. The first-order valence-corrected chi connectivity index (χ1v) is 7.57. The first-order valence-electron chi connectivity index (χ1n) is 5.88. The van der Waals surface area contributed by atoms with Gasteiger partial charge in [0.1, 0.15) is 5.01 Å². The molecule has 2 aromatic rings. The van der Waals surface area contributed by atoms with Crippen LogP contribution in [0.5, 0.6) is 0 Å². The van der Waals surface area contributed by atoms with E-state index in [2.05, 4.69) is 29.4 Å². The highest BCUT2D eigenvalue weighted by atomic mass is 32.1. The van der Waals surface area contributed by atoms with Crippen LogP contribution in [0.3, 0.4) is 0 Å².